The van der Waals surface area contributed by atoms with Gasteiger partial charge >= 0.3 is 8.80 Å². The molecule has 0 saturated carbocycles. The molecule has 0 atom stereocenters. The van der Waals surface area contributed by atoms with Gasteiger partial charge in [0.1, 0.15) is 0 Å². The fraction of sp³-hybridized carbons (Fsp3) is 1.00. The van der Waals surface area contributed by atoms with Crippen molar-refractivity contribution >= 4 is 24.7 Å². The highest BCUT2D eigenvalue weighted by molar-refractivity contribution is 9.09. The van der Waals surface area contributed by atoms with E-state index < -0.39 is 8.80 Å². The van der Waals surface area contributed by atoms with Crippen LogP contribution in [0.3, 0.4) is 0 Å². The molecule has 0 aromatic rings. The Balaban J connectivity index is 3.21. The molecule has 0 aliphatic rings. The lowest BCUT2D eigenvalue weighted by Gasteiger charge is -2.28. The molecule has 0 rings (SSSR count). The highest BCUT2D eigenvalue weighted by Gasteiger charge is 2.39. The van der Waals surface area contributed by atoms with Crippen LogP contribution in [-0.4, -0.2) is 34.0 Å². The third-order valence-corrected chi connectivity index (χ3v) is 13.9. The van der Waals surface area contributed by atoms with Crippen molar-refractivity contribution in [1.82, 2.24) is 0 Å². The number of hydrogen-bond acceptors (Lipinski definition) is 3. The van der Waals surface area contributed by atoms with Crippen molar-refractivity contribution in [2.24, 2.45) is 0 Å². The van der Waals surface area contributed by atoms with Crippen molar-refractivity contribution in [3.8, 4) is 0 Å². The summed E-state index contributed by atoms with van der Waals surface area (Å²) in [7, 11) is -2.42. The normalized spacial score (nSPS) is 12.0. The summed E-state index contributed by atoms with van der Waals surface area (Å²) in [5.74, 6) is 0. The molecule has 0 aliphatic carbocycles. The summed E-state index contributed by atoms with van der Waals surface area (Å²) in [6.45, 7) is 8.20. The first-order valence-electron chi connectivity index (χ1n) is 22.2. The van der Waals surface area contributed by atoms with Crippen LogP contribution in [-0.2, 0) is 13.3 Å². The number of rotatable bonds is 43. The minimum Gasteiger partial charge on any atom is -0.374 e. The van der Waals surface area contributed by atoms with E-state index in [1.54, 1.807) is 0 Å². The van der Waals surface area contributed by atoms with Gasteiger partial charge in [0.15, 0.2) is 0 Å². The predicted octanol–water partition coefficient (Wildman–Crippen LogP) is 16.1. The summed E-state index contributed by atoms with van der Waals surface area (Å²) in [6, 6.07) is 0.974. The molecule has 0 heterocycles. The molecule has 0 spiro atoms. The van der Waals surface area contributed by atoms with Crippen LogP contribution < -0.4 is 0 Å². The van der Waals surface area contributed by atoms with E-state index in [0.717, 1.165) is 6.04 Å². The summed E-state index contributed by atoms with van der Waals surface area (Å²) >= 11 is 3.53. The van der Waals surface area contributed by atoms with E-state index in [4.69, 9.17) is 13.3 Å². The zero-order chi connectivity index (χ0) is 34.9. The van der Waals surface area contributed by atoms with Gasteiger partial charge in [0.2, 0.25) is 0 Å². The summed E-state index contributed by atoms with van der Waals surface area (Å²) in [6.07, 6.45) is 50.6. The van der Waals surface area contributed by atoms with Crippen molar-refractivity contribution < 1.29 is 13.3 Å². The van der Waals surface area contributed by atoms with Crippen molar-refractivity contribution in [2.45, 2.75) is 252 Å². The van der Waals surface area contributed by atoms with Crippen LogP contribution in [0.15, 0.2) is 0 Å². The second kappa shape index (κ2) is 42.0. The molecule has 0 unspecified atom stereocenters. The molecule has 5 heteroatoms. The highest BCUT2D eigenvalue weighted by Crippen LogP contribution is 2.21. The van der Waals surface area contributed by atoms with Crippen LogP contribution in [0.25, 0.3) is 0 Å². The van der Waals surface area contributed by atoms with E-state index in [9.17, 15) is 0 Å². The number of unbranched alkanes of at least 4 members (excludes halogenated alkanes) is 34. The van der Waals surface area contributed by atoms with E-state index in [-0.39, 0.29) is 0 Å². The molecule has 48 heavy (non-hydrogen) atoms. The number of halogens is 1. The molecule has 3 nitrogen and oxygen atoms in total. The molecule has 290 valence electrons. The first-order valence-corrected chi connectivity index (χ1v) is 25.3. The third-order valence-electron chi connectivity index (χ3n) is 10.2. The van der Waals surface area contributed by atoms with E-state index in [1.165, 1.54) is 230 Å². The summed E-state index contributed by atoms with van der Waals surface area (Å²) in [4.78, 5) is 0. The molecule has 0 fully saturated rings. The van der Waals surface area contributed by atoms with Gasteiger partial charge < -0.3 is 13.3 Å². The maximum atomic E-state index is 5.98. The molecule has 0 aliphatic heterocycles. The Morgan fingerprint density at radius 3 is 0.604 bits per heavy atom. The Morgan fingerprint density at radius 1 is 0.271 bits per heavy atom. The maximum Gasteiger partial charge on any atom is 0.500 e. The Morgan fingerprint density at radius 2 is 0.438 bits per heavy atom. The molecule has 0 radical (unpaired) electrons. The van der Waals surface area contributed by atoms with Gasteiger partial charge in [0, 0.05) is 31.2 Å². The minimum absolute atomic E-state index is 0.686. The van der Waals surface area contributed by atoms with Crippen LogP contribution in [0.5, 0.6) is 0 Å². The van der Waals surface area contributed by atoms with Crippen molar-refractivity contribution in [3.63, 3.8) is 0 Å². The zero-order valence-corrected chi connectivity index (χ0v) is 36.0. The quantitative estimate of drug-likeness (QED) is 0.0352. The lowest BCUT2D eigenvalue weighted by atomic mass is 10.0. The average Bonchev–Trinajstić information content (AvgIpc) is 3.08. The molecule has 0 saturated heterocycles. The first kappa shape index (κ1) is 48.6. The van der Waals surface area contributed by atoms with Gasteiger partial charge in [-0.2, -0.15) is 0 Å². The molecule has 0 amide bonds. The molecule has 0 N–H and O–H groups in total. The SMILES string of the molecule is CCO[Si](CCCCCCCCCCCCCCCCCCCCCCCCCCCCCCCCCCCCCBr)(OCC)OCC. The lowest BCUT2D eigenvalue weighted by Crippen LogP contribution is -2.45. The van der Waals surface area contributed by atoms with E-state index >= 15 is 0 Å². The van der Waals surface area contributed by atoms with Gasteiger partial charge in [0.25, 0.3) is 0 Å². The van der Waals surface area contributed by atoms with Crippen LogP contribution in [0, 0.1) is 0 Å². The lowest BCUT2D eigenvalue weighted by molar-refractivity contribution is 0.0706. The molecular formula is C43H89BrO3Si. The second-order valence-corrected chi connectivity index (χ2v) is 18.3. The van der Waals surface area contributed by atoms with Gasteiger partial charge in [-0.05, 0) is 33.6 Å². The number of alkyl halides is 1. The molecule has 0 bridgehead atoms. The largest absolute Gasteiger partial charge is 0.500 e. The van der Waals surface area contributed by atoms with Crippen LogP contribution in [0.2, 0.25) is 6.04 Å². The van der Waals surface area contributed by atoms with Gasteiger partial charge in [-0.15, -0.1) is 0 Å². The smallest absolute Gasteiger partial charge is 0.374 e. The third kappa shape index (κ3) is 36.4. The van der Waals surface area contributed by atoms with Gasteiger partial charge in [-0.1, -0.05) is 228 Å². The Kier molecular flexibility index (Phi) is 42.5. The minimum atomic E-state index is -2.42. The molecular weight excluding hydrogens is 672 g/mol. The zero-order valence-electron chi connectivity index (χ0n) is 33.4. The Labute approximate surface area is 313 Å². The van der Waals surface area contributed by atoms with Crippen LogP contribution in [0.4, 0.5) is 0 Å². The van der Waals surface area contributed by atoms with Crippen molar-refractivity contribution in [2.75, 3.05) is 25.2 Å². The van der Waals surface area contributed by atoms with Crippen LogP contribution in [0.1, 0.15) is 245 Å². The van der Waals surface area contributed by atoms with E-state index in [0.29, 0.717) is 19.8 Å². The second-order valence-electron chi connectivity index (χ2n) is 14.8. The van der Waals surface area contributed by atoms with Crippen LogP contribution >= 0.6 is 15.9 Å². The predicted molar refractivity (Wildman–Crippen MR) is 221 cm³/mol. The van der Waals surface area contributed by atoms with E-state index in [1.807, 2.05) is 20.8 Å². The van der Waals surface area contributed by atoms with E-state index in [2.05, 4.69) is 15.9 Å². The maximum absolute atomic E-state index is 5.98. The molecule has 0 aromatic heterocycles. The summed E-state index contributed by atoms with van der Waals surface area (Å²) in [5, 5.41) is 1.18. The monoisotopic (exact) mass is 761 g/mol. The molecule has 0 aromatic carbocycles. The van der Waals surface area contributed by atoms with Gasteiger partial charge in [0.05, 0.1) is 0 Å². The summed E-state index contributed by atoms with van der Waals surface area (Å²) < 4.78 is 17.9. The van der Waals surface area contributed by atoms with Crippen molar-refractivity contribution in [1.29, 1.82) is 0 Å². The van der Waals surface area contributed by atoms with Gasteiger partial charge in [-0.3, -0.25) is 0 Å². The van der Waals surface area contributed by atoms with Gasteiger partial charge in [-0.25, -0.2) is 0 Å². The Bertz CT molecular complexity index is 561. The number of hydrogen-bond donors (Lipinski definition) is 0. The summed E-state index contributed by atoms with van der Waals surface area (Å²) in [5.41, 5.74) is 0. The first-order chi connectivity index (χ1) is 23.7. The fourth-order valence-electron chi connectivity index (χ4n) is 7.27. The Hall–Kier alpha value is 0.577. The fourth-order valence-corrected chi connectivity index (χ4v) is 10.4. The topological polar surface area (TPSA) is 27.7 Å². The van der Waals surface area contributed by atoms with Crippen molar-refractivity contribution in [3.05, 3.63) is 0 Å². The standard InChI is InChI=1S/C43H89BrO3Si/c1-4-45-48(46-5-2,47-6-3)43-41-39-37-35-33-31-29-27-25-23-21-19-17-15-13-11-9-7-8-10-12-14-16-18-20-22-24-26-28-30-32-34-36-38-40-42-44/h4-43H2,1-3H3. The highest BCUT2D eigenvalue weighted by atomic mass is 79.9. The average molecular weight is 762 g/mol.